The molecule has 6 nitrogen and oxygen atoms in total. The zero-order valence-electron chi connectivity index (χ0n) is 11.8. The quantitative estimate of drug-likeness (QED) is 0.852. The van der Waals surface area contributed by atoms with Crippen molar-refractivity contribution >= 4 is 28.0 Å². The molecule has 1 aromatic carbocycles. The van der Waals surface area contributed by atoms with E-state index < -0.39 is 17.0 Å². The fraction of sp³-hybridized carbons (Fsp3) is 0.267. The van der Waals surface area contributed by atoms with E-state index in [1.165, 1.54) is 0 Å². The summed E-state index contributed by atoms with van der Waals surface area (Å²) >= 11 is 0. The highest BCUT2D eigenvalue weighted by atomic mass is 32.2. The van der Waals surface area contributed by atoms with Crippen LogP contribution in [0.2, 0.25) is 0 Å². The summed E-state index contributed by atoms with van der Waals surface area (Å²) in [4.78, 5) is 13.6. The van der Waals surface area contributed by atoms with Gasteiger partial charge in [0.15, 0.2) is 0 Å². The smallest absolute Gasteiger partial charge is 0.315 e. The van der Waals surface area contributed by atoms with Crippen molar-refractivity contribution in [3.05, 3.63) is 41.7 Å². The predicted octanol–water partition coefficient (Wildman–Crippen LogP) is 1.46. The number of amides is 2. The maximum Gasteiger partial charge on any atom is 0.315 e. The van der Waals surface area contributed by atoms with Gasteiger partial charge in [0.1, 0.15) is 16.6 Å². The highest BCUT2D eigenvalue weighted by molar-refractivity contribution is 7.82. The Morgan fingerprint density at radius 3 is 2.55 bits per heavy atom. The molecule has 0 saturated carbocycles. The molecule has 1 aromatic heterocycles. The van der Waals surface area contributed by atoms with Gasteiger partial charge in [0.2, 0.25) is 0 Å². The Morgan fingerprint density at radius 1 is 1.14 bits per heavy atom. The van der Waals surface area contributed by atoms with Gasteiger partial charge in [-0.3, -0.25) is 0 Å². The number of urea groups is 1. The van der Waals surface area contributed by atoms with Crippen molar-refractivity contribution in [3.63, 3.8) is 0 Å². The highest BCUT2D eigenvalue weighted by Crippen LogP contribution is 2.29. The van der Waals surface area contributed by atoms with Crippen LogP contribution < -0.4 is 5.73 Å². The van der Waals surface area contributed by atoms with E-state index in [2.05, 4.69) is 0 Å². The number of carbonyl (C=O) groups is 1. The van der Waals surface area contributed by atoms with Gasteiger partial charge in [0, 0.05) is 31.6 Å². The minimum Gasteiger partial charge on any atom is -0.464 e. The lowest BCUT2D eigenvalue weighted by atomic mass is 10.2. The SMILES string of the molecule is NC(=O)N1CC2=C(C1)CN(S(=O)c1ccc3occc3c1)C2. The Morgan fingerprint density at radius 2 is 1.86 bits per heavy atom. The van der Waals surface area contributed by atoms with Crippen molar-refractivity contribution in [2.24, 2.45) is 5.73 Å². The number of hydrogen-bond acceptors (Lipinski definition) is 3. The summed E-state index contributed by atoms with van der Waals surface area (Å²) in [5.41, 5.74) is 8.43. The van der Waals surface area contributed by atoms with E-state index in [4.69, 9.17) is 10.2 Å². The first-order valence-electron chi connectivity index (χ1n) is 7.00. The summed E-state index contributed by atoms with van der Waals surface area (Å²) in [5.74, 6) is 0. The number of fused-ring (bicyclic) bond motifs is 1. The molecule has 2 aliphatic heterocycles. The molecule has 2 amide bonds. The molecule has 0 fully saturated rings. The summed E-state index contributed by atoms with van der Waals surface area (Å²) in [7, 11) is -1.21. The predicted molar refractivity (Wildman–Crippen MR) is 82.4 cm³/mol. The molecule has 0 spiro atoms. The van der Waals surface area contributed by atoms with Crippen LogP contribution in [0.5, 0.6) is 0 Å². The number of hydrogen-bond donors (Lipinski definition) is 1. The molecule has 1 unspecified atom stereocenters. The van der Waals surface area contributed by atoms with Gasteiger partial charge in [-0.05, 0) is 35.4 Å². The van der Waals surface area contributed by atoms with Crippen LogP contribution in [0.3, 0.4) is 0 Å². The van der Waals surface area contributed by atoms with Crippen molar-refractivity contribution in [1.82, 2.24) is 9.21 Å². The summed E-state index contributed by atoms with van der Waals surface area (Å²) < 4.78 is 20.0. The molecule has 0 aliphatic carbocycles. The Labute approximate surface area is 129 Å². The molecule has 1 atom stereocenters. The van der Waals surface area contributed by atoms with Crippen molar-refractivity contribution < 1.29 is 13.4 Å². The van der Waals surface area contributed by atoms with E-state index in [-0.39, 0.29) is 0 Å². The molecule has 2 aliphatic rings. The van der Waals surface area contributed by atoms with Crippen LogP contribution in [-0.2, 0) is 11.0 Å². The summed E-state index contributed by atoms with van der Waals surface area (Å²) in [6.45, 7) is 2.35. The molecule has 0 radical (unpaired) electrons. The van der Waals surface area contributed by atoms with Gasteiger partial charge < -0.3 is 15.1 Å². The van der Waals surface area contributed by atoms with E-state index in [0.717, 1.165) is 27.0 Å². The molecule has 22 heavy (non-hydrogen) atoms. The van der Waals surface area contributed by atoms with E-state index in [1.807, 2.05) is 28.6 Å². The molecule has 2 N–H and O–H groups in total. The monoisotopic (exact) mass is 317 g/mol. The van der Waals surface area contributed by atoms with Gasteiger partial charge in [-0.15, -0.1) is 0 Å². The highest BCUT2D eigenvalue weighted by Gasteiger charge is 2.33. The first kappa shape index (κ1) is 13.5. The second kappa shape index (κ2) is 4.96. The van der Waals surface area contributed by atoms with Gasteiger partial charge >= 0.3 is 6.03 Å². The maximum atomic E-state index is 12.7. The number of benzene rings is 1. The molecule has 0 bridgehead atoms. The van der Waals surface area contributed by atoms with Gasteiger partial charge in [-0.25, -0.2) is 13.3 Å². The maximum absolute atomic E-state index is 12.7. The summed E-state index contributed by atoms with van der Waals surface area (Å²) in [5, 5.41) is 0.949. The van der Waals surface area contributed by atoms with E-state index in [9.17, 15) is 9.00 Å². The van der Waals surface area contributed by atoms with Gasteiger partial charge in [-0.2, -0.15) is 0 Å². The van der Waals surface area contributed by atoms with Crippen LogP contribution in [0.15, 0.2) is 51.0 Å². The Kier molecular flexibility index (Phi) is 3.05. The fourth-order valence-electron chi connectivity index (χ4n) is 3.02. The number of carbonyl (C=O) groups excluding carboxylic acids is 1. The fourth-order valence-corrected chi connectivity index (χ4v) is 4.28. The molecule has 3 heterocycles. The molecule has 114 valence electrons. The van der Waals surface area contributed by atoms with Crippen LogP contribution >= 0.6 is 0 Å². The zero-order valence-corrected chi connectivity index (χ0v) is 12.6. The van der Waals surface area contributed by atoms with Gasteiger partial charge in [0.25, 0.3) is 0 Å². The zero-order chi connectivity index (χ0) is 15.3. The molecular formula is C15H15N3O3S. The third-order valence-electron chi connectivity index (χ3n) is 4.17. The number of nitrogens with two attached hydrogens (primary N) is 1. The van der Waals surface area contributed by atoms with E-state index in [1.54, 1.807) is 11.2 Å². The van der Waals surface area contributed by atoms with Gasteiger partial charge in [0.05, 0.1) is 11.2 Å². The van der Waals surface area contributed by atoms with E-state index >= 15 is 0 Å². The van der Waals surface area contributed by atoms with Crippen molar-refractivity contribution in [2.75, 3.05) is 26.2 Å². The minimum atomic E-state index is -1.21. The lowest BCUT2D eigenvalue weighted by Crippen LogP contribution is -2.37. The standard InChI is InChI=1S/C15H15N3O3S/c16-15(19)17-6-11-8-18(9-12(11)7-17)22(20)13-1-2-14-10(5-13)3-4-21-14/h1-5H,6-9H2,(H2,16,19). The van der Waals surface area contributed by atoms with Crippen molar-refractivity contribution in [1.29, 1.82) is 0 Å². The minimum absolute atomic E-state index is 0.396. The second-order valence-electron chi connectivity index (χ2n) is 5.57. The number of furan rings is 1. The molecule has 0 saturated heterocycles. The molecule has 7 heteroatoms. The van der Waals surface area contributed by atoms with E-state index in [0.29, 0.717) is 26.2 Å². The average Bonchev–Trinajstić information content (AvgIpc) is 3.18. The first-order valence-corrected chi connectivity index (χ1v) is 8.11. The molecule has 4 rings (SSSR count). The Balaban J connectivity index is 1.50. The third kappa shape index (κ3) is 2.13. The van der Waals surface area contributed by atoms with Crippen LogP contribution in [0, 0.1) is 0 Å². The summed E-state index contributed by atoms with van der Waals surface area (Å²) in [6, 6.07) is 7.04. The van der Waals surface area contributed by atoms with Crippen molar-refractivity contribution in [2.45, 2.75) is 4.90 Å². The number of nitrogens with zero attached hydrogens (tertiary/aromatic N) is 2. The van der Waals surface area contributed by atoms with Crippen LogP contribution in [0.25, 0.3) is 11.0 Å². The molecular weight excluding hydrogens is 302 g/mol. The second-order valence-corrected chi connectivity index (χ2v) is 7.05. The molecule has 2 aromatic rings. The number of rotatable bonds is 2. The van der Waals surface area contributed by atoms with Crippen LogP contribution in [-0.4, -0.2) is 45.6 Å². The Bertz CT molecular complexity index is 808. The van der Waals surface area contributed by atoms with Gasteiger partial charge in [-0.1, -0.05) is 0 Å². The normalized spacial score (nSPS) is 19.9. The van der Waals surface area contributed by atoms with Crippen LogP contribution in [0.1, 0.15) is 0 Å². The topological polar surface area (TPSA) is 79.8 Å². The first-order chi connectivity index (χ1) is 10.6. The lowest BCUT2D eigenvalue weighted by Gasteiger charge is -2.20. The van der Waals surface area contributed by atoms with Crippen molar-refractivity contribution in [3.8, 4) is 0 Å². The number of primary amides is 1. The largest absolute Gasteiger partial charge is 0.464 e. The van der Waals surface area contributed by atoms with Crippen LogP contribution in [0.4, 0.5) is 4.79 Å². The summed E-state index contributed by atoms with van der Waals surface area (Å²) in [6.07, 6.45) is 1.63. The lowest BCUT2D eigenvalue weighted by molar-refractivity contribution is 0.218. The Hall–Kier alpha value is -2.12. The third-order valence-corrected chi connectivity index (χ3v) is 5.55. The average molecular weight is 317 g/mol.